The van der Waals surface area contributed by atoms with Crippen LogP contribution >= 0.6 is 0 Å². The van der Waals surface area contributed by atoms with Gasteiger partial charge in [-0.1, -0.05) is 6.92 Å². The summed E-state index contributed by atoms with van der Waals surface area (Å²) >= 11 is 0. The molecular weight excluding hydrogens is 234 g/mol. The van der Waals surface area contributed by atoms with Crippen LogP contribution in [-0.4, -0.2) is 73.1 Å². The fourth-order valence-corrected chi connectivity index (χ4v) is 4.40. The van der Waals surface area contributed by atoms with Crippen molar-refractivity contribution < 1.29 is 0 Å². The van der Waals surface area contributed by atoms with Gasteiger partial charge in [-0.2, -0.15) is 0 Å². The van der Waals surface area contributed by atoms with Gasteiger partial charge in [0.15, 0.2) is 0 Å². The molecular formula is C16H31N3. The van der Waals surface area contributed by atoms with E-state index in [9.17, 15) is 0 Å². The minimum Gasteiger partial charge on any atom is -0.303 e. The average molecular weight is 265 g/mol. The van der Waals surface area contributed by atoms with E-state index in [1.54, 1.807) is 0 Å². The third-order valence-electron chi connectivity index (χ3n) is 5.45. The summed E-state index contributed by atoms with van der Waals surface area (Å²) < 4.78 is 0. The molecule has 0 amide bonds. The fourth-order valence-electron chi connectivity index (χ4n) is 4.40. The third kappa shape index (κ3) is 3.50. The lowest BCUT2D eigenvalue weighted by Gasteiger charge is -2.35. The van der Waals surface area contributed by atoms with Crippen molar-refractivity contribution in [3.63, 3.8) is 0 Å². The lowest BCUT2D eigenvalue weighted by molar-refractivity contribution is 0.131. The van der Waals surface area contributed by atoms with Crippen LogP contribution in [0.1, 0.15) is 39.0 Å². The molecule has 3 heterocycles. The first kappa shape index (κ1) is 13.8. The lowest BCUT2D eigenvalue weighted by atomic mass is 9.97. The molecule has 19 heavy (non-hydrogen) atoms. The molecule has 3 heteroatoms. The van der Waals surface area contributed by atoms with Crippen molar-refractivity contribution in [2.45, 2.75) is 45.1 Å². The molecule has 3 rings (SSSR count). The Kier molecular flexibility index (Phi) is 4.78. The summed E-state index contributed by atoms with van der Waals surface area (Å²) in [6, 6.07) is 0.883. The Hall–Kier alpha value is -0.120. The van der Waals surface area contributed by atoms with Gasteiger partial charge in [-0.05, 0) is 70.7 Å². The highest BCUT2D eigenvalue weighted by Gasteiger charge is 2.30. The molecule has 3 nitrogen and oxygen atoms in total. The van der Waals surface area contributed by atoms with Crippen LogP contribution < -0.4 is 0 Å². The normalized spacial score (nSPS) is 35.2. The minimum atomic E-state index is 0.883. The molecule has 0 unspecified atom stereocenters. The second-order valence-electron chi connectivity index (χ2n) is 6.85. The fraction of sp³-hybridized carbons (Fsp3) is 1.00. The zero-order chi connectivity index (χ0) is 13.1. The first-order chi connectivity index (χ1) is 9.35. The van der Waals surface area contributed by atoms with Gasteiger partial charge in [0.25, 0.3) is 0 Å². The predicted octanol–water partition coefficient (Wildman–Crippen LogP) is 1.89. The molecule has 0 aromatic rings. The van der Waals surface area contributed by atoms with Crippen molar-refractivity contribution in [3.05, 3.63) is 0 Å². The minimum absolute atomic E-state index is 0.883. The number of hydrogen-bond acceptors (Lipinski definition) is 3. The summed E-state index contributed by atoms with van der Waals surface area (Å²) in [5.74, 6) is 0.932. The number of likely N-dealkylation sites (tertiary alicyclic amines) is 1. The molecule has 0 N–H and O–H groups in total. The van der Waals surface area contributed by atoms with Crippen molar-refractivity contribution in [1.29, 1.82) is 0 Å². The van der Waals surface area contributed by atoms with Crippen molar-refractivity contribution >= 4 is 0 Å². The maximum absolute atomic E-state index is 2.79. The molecule has 0 bridgehead atoms. The lowest BCUT2D eigenvalue weighted by Crippen LogP contribution is -2.43. The highest BCUT2D eigenvalue weighted by molar-refractivity contribution is 4.86. The summed E-state index contributed by atoms with van der Waals surface area (Å²) in [6.45, 7) is 13.0. The number of fused-ring (bicyclic) bond motifs is 1. The number of hydrogen-bond donors (Lipinski definition) is 0. The Bertz CT molecular complexity index is 281. The van der Waals surface area contributed by atoms with Crippen molar-refractivity contribution in [2.24, 2.45) is 5.92 Å². The van der Waals surface area contributed by atoms with Crippen LogP contribution in [0.15, 0.2) is 0 Å². The largest absolute Gasteiger partial charge is 0.303 e. The van der Waals surface area contributed by atoms with Gasteiger partial charge in [0, 0.05) is 25.7 Å². The van der Waals surface area contributed by atoms with E-state index in [0.717, 1.165) is 12.0 Å². The van der Waals surface area contributed by atoms with Gasteiger partial charge in [-0.25, -0.2) is 0 Å². The average Bonchev–Trinajstić information content (AvgIpc) is 2.78. The summed E-state index contributed by atoms with van der Waals surface area (Å²) in [7, 11) is 0. The molecule has 0 spiro atoms. The Morgan fingerprint density at radius 3 is 2.53 bits per heavy atom. The van der Waals surface area contributed by atoms with Gasteiger partial charge >= 0.3 is 0 Å². The smallest absolute Gasteiger partial charge is 0.0223 e. The highest BCUT2D eigenvalue weighted by atomic mass is 15.3. The van der Waals surface area contributed by atoms with E-state index in [0.29, 0.717) is 0 Å². The van der Waals surface area contributed by atoms with Crippen LogP contribution in [0.3, 0.4) is 0 Å². The van der Waals surface area contributed by atoms with E-state index in [1.165, 1.54) is 84.5 Å². The zero-order valence-corrected chi connectivity index (χ0v) is 12.7. The quantitative estimate of drug-likeness (QED) is 0.771. The first-order valence-corrected chi connectivity index (χ1v) is 8.54. The van der Waals surface area contributed by atoms with E-state index in [-0.39, 0.29) is 0 Å². The van der Waals surface area contributed by atoms with Gasteiger partial charge in [-0.15, -0.1) is 0 Å². The zero-order valence-electron chi connectivity index (χ0n) is 12.7. The monoisotopic (exact) mass is 265 g/mol. The van der Waals surface area contributed by atoms with Crippen molar-refractivity contribution in [2.75, 3.05) is 52.4 Å². The second kappa shape index (κ2) is 6.55. The molecule has 3 aliphatic heterocycles. The van der Waals surface area contributed by atoms with Crippen molar-refractivity contribution in [1.82, 2.24) is 14.7 Å². The topological polar surface area (TPSA) is 9.72 Å². The van der Waals surface area contributed by atoms with Crippen LogP contribution in [0.5, 0.6) is 0 Å². The van der Waals surface area contributed by atoms with E-state index in [2.05, 4.69) is 21.6 Å². The molecule has 0 aromatic carbocycles. The number of rotatable bonds is 3. The maximum Gasteiger partial charge on any atom is 0.0223 e. The maximum atomic E-state index is 2.79. The van der Waals surface area contributed by atoms with E-state index >= 15 is 0 Å². The highest BCUT2D eigenvalue weighted by Crippen LogP contribution is 2.23. The van der Waals surface area contributed by atoms with Gasteiger partial charge in [0.05, 0.1) is 0 Å². The molecule has 0 aromatic heterocycles. The molecule has 3 aliphatic rings. The third-order valence-corrected chi connectivity index (χ3v) is 5.45. The second-order valence-corrected chi connectivity index (χ2v) is 6.85. The summed E-state index contributed by atoms with van der Waals surface area (Å²) in [6.07, 6.45) is 7.15. The van der Waals surface area contributed by atoms with Crippen LogP contribution in [0.2, 0.25) is 0 Å². The van der Waals surface area contributed by atoms with Gasteiger partial charge < -0.3 is 9.80 Å². The molecule has 3 fully saturated rings. The van der Waals surface area contributed by atoms with Gasteiger partial charge in [0.1, 0.15) is 0 Å². The first-order valence-electron chi connectivity index (χ1n) is 8.54. The number of nitrogens with zero attached hydrogens (tertiary/aromatic N) is 3. The summed E-state index contributed by atoms with van der Waals surface area (Å²) in [5, 5.41) is 0. The molecule has 110 valence electrons. The van der Waals surface area contributed by atoms with Crippen LogP contribution in [0, 0.1) is 5.92 Å². The summed E-state index contributed by atoms with van der Waals surface area (Å²) in [5.41, 5.74) is 0. The van der Waals surface area contributed by atoms with Crippen molar-refractivity contribution in [3.8, 4) is 0 Å². The van der Waals surface area contributed by atoms with Gasteiger partial charge in [0.2, 0.25) is 0 Å². The Morgan fingerprint density at radius 1 is 0.842 bits per heavy atom. The summed E-state index contributed by atoms with van der Waals surface area (Å²) in [4.78, 5) is 8.19. The van der Waals surface area contributed by atoms with E-state index in [1.807, 2.05) is 0 Å². The van der Waals surface area contributed by atoms with Crippen LogP contribution in [-0.2, 0) is 0 Å². The SMILES string of the molecule is CCN1CCC[C@@H](CN2CCCN3CCC[C@H]3C2)C1. The van der Waals surface area contributed by atoms with Crippen LogP contribution in [0.4, 0.5) is 0 Å². The molecule has 0 aliphatic carbocycles. The van der Waals surface area contributed by atoms with E-state index < -0.39 is 0 Å². The molecule has 3 saturated heterocycles. The van der Waals surface area contributed by atoms with Gasteiger partial charge in [-0.3, -0.25) is 4.90 Å². The Morgan fingerprint density at radius 2 is 1.63 bits per heavy atom. The number of piperidine rings is 1. The Labute approximate surface area is 118 Å². The molecule has 0 saturated carbocycles. The molecule has 2 atom stereocenters. The van der Waals surface area contributed by atoms with Crippen LogP contribution in [0.25, 0.3) is 0 Å². The predicted molar refractivity (Wildman–Crippen MR) is 80.5 cm³/mol. The standard InChI is InChI=1S/C16H31N3/c1-2-17-8-3-6-15(12-17)13-18-9-5-11-19-10-4-7-16(19)14-18/h15-16H,2-14H2,1H3/t15-,16+/m1/s1. The molecule has 0 radical (unpaired) electrons. The van der Waals surface area contributed by atoms with E-state index in [4.69, 9.17) is 0 Å². The Balaban J connectivity index is 1.51.